The Morgan fingerprint density at radius 1 is 0.493 bits per heavy atom. The van der Waals surface area contributed by atoms with Gasteiger partial charge in [0.2, 0.25) is 0 Å². The first-order valence-electron chi connectivity index (χ1n) is 24.6. The Morgan fingerprint density at radius 3 is 1.92 bits per heavy atom. The monoisotopic (exact) mass is 930 g/mol. The summed E-state index contributed by atoms with van der Waals surface area (Å²) in [5, 5.41) is 11.7. The highest BCUT2D eigenvalue weighted by molar-refractivity contribution is 7.03. The van der Waals surface area contributed by atoms with E-state index in [2.05, 4.69) is 211 Å². The number of nitrogens with zero attached hydrogens (tertiary/aromatic N) is 2. The zero-order valence-electron chi connectivity index (χ0n) is 39.4. The second-order valence-electron chi connectivity index (χ2n) is 19.7. The maximum Gasteiger partial charge on any atom is 0.159 e. The first-order valence-corrected chi connectivity index (χ1v) is 27.6. The molecule has 5 heteroatoms. The van der Waals surface area contributed by atoms with Gasteiger partial charge in [-0.05, 0) is 127 Å². The van der Waals surface area contributed by atoms with Crippen LogP contribution in [0, 0.1) is 5.82 Å². The van der Waals surface area contributed by atoms with Crippen LogP contribution in [-0.4, -0.2) is 8.07 Å². The minimum Gasteiger partial charge on any atom is -0.454 e. The van der Waals surface area contributed by atoms with Crippen LogP contribution in [0.1, 0.15) is 17.9 Å². The van der Waals surface area contributed by atoms with Crippen molar-refractivity contribution in [1.82, 2.24) is 0 Å². The summed E-state index contributed by atoms with van der Waals surface area (Å²) in [4.78, 5) is 4.60. The van der Waals surface area contributed by atoms with Crippen molar-refractivity contribution in [1.29, 1.82) is 0 Å². The topological polar surface area (TPSA) is 19.6 Å². The van der Waals surface area contributed by atoms with E-state index in [-0.39, 0.29) is 11.7 Å². The Hall–Kier alpha value is -8.51. The largest absolute Gasteiger partial charge is 0.454 e. The number of hydrogen-bond donors (Lipinski definition) is 0. The number of para-hydroxylation sites is 3. The molecule has 1 aliphatic heterocycles. The molecule has 71 heavy (non-hydrogen) atoms. The molecule has 0 bridgehead atoms. The van der Waals surface area contributed by atoms with Gasteiger partial charge < -0.3 is 14.2 Å². The van der Waals surface area contributed by atoms with E-state index in [9.17, 15) is 0 Å². The summed E-state index contributed by atoms with van der Waals surface area (Å²) in [5.41, 5.74) is 12.4. The average Bonchev–Trinajstić information content (AvgIpc) is 3.91. The van der Waals surface area contributed by atoms with E-state index in [1.807, 2.05) is 36.4 Å². The first kappa shape index (κ1) is 41.5. The summed E-state index contributed by atoms with van der Waals surface area (Å²) in [6, 6.07) is 73.4. The van der Waals surface area contributed by atoms with Crippen molar-refractivity contribution >= 4 is 107 Å². The molecule has 338 valence electrons. The van der Waals surface area contributed by atoms with Crippen LogP contribution in [-0.2, 0) is 0 Å². The molecule has 1 unspecified atom stereocenters. The lowest BCUT2D eigenvalue weighted by atomic mass is 9.87. The summed E-state index contributed by atoms with van der Waals surface area (Å²) >= 11 is 0. The van der Waals surface area contributed by atoms with E-state index >= 15 is 4.39 Å². The molecule has 0 saturated carbocycles. The lowest BCUT2D eigenvalue weighted by Gasteiger charge is -2.32. The Balaban J connectivity index is 1.03. The minimum absolute atomic E-state index is 0.0709. The zero-order valence-corrected chi connectivity index (χ0v) is 40.4. The summed E-state index contributed by atoms with van der Waals surface area (Å²) in [6.07, 6.45) is 9.32. The van der Waals surface area contributed by atoms with E-state index < -0.39 is 8.07 Å². The van der Waals surface area contributed by atoms with Gasteiger partial charge in [-0.1, -0.05) is 183 Å². The van der Waals surface area contributed by atoms with E-state index in [0.29, 0.717) is 11.3 Å². The summed E-state index contributed by atoms with van der Waals surface area (Å²) < 4.78 is 25.0. The van der Waals surface area contributed by atoms with Crippen LogP contribution in [0.5, 0.6) is 0 Å². The molecular weight excluding hydrogens is 884 g/mol. The SMILES string of the molecule is C[Si]1(C)c2ccccc2-c2ccc(N(c3ccccc3)c3ccc4ccc5c(N(c6c(F)cc(-c7ccccc7)cc6C6C=CC=CC6)c6cccc7c6oc6ccccc67)ccc6ccc3c4c65)cc21. The number of allylic oxidation sites excluding steroid dienone is 4. The molecule has 0 N–H and O–H groups in total. The quantitative estimate of drug-likeness (QED) is 0.112. The van der Waals surface area contributed by atoms with Crippen LogP contribution in [0.15, 0.2) is 235 Å². The standard InChI is InChI=1S/C66H47FN2OSi/c1-71(2)61-28-15-13-24-50(61)51-36-33-48(41-62(51)71)68(47-21-10-5-11-22-47)57-37-31-44-30-35-54-58(38-32-45-29-34-53(57)63(44)64(45)54)69(59-26-16-25-52-49-23-12-14-27-60(49)70-66(52)59)65-55(43-19-8-4-9-20-43)39-46(40-56(65)67)42-17-6-3-7-18-42/h3-19,21-41,43H,20H2,1-2H3. The second-order valence-corrected chi connectivity index (χ2v) is 24.0. The molecule has 0 saturated heterocycles. The predicted octanol–water partition coefficient (Wildman–Crippen LogP) is 17.6. The third kappa shape index (κ3) is 6.39. The van der Waals surface area contributed by atoms with Crippen molar-refractivity contribution in [2.24, 2.45) is 0 Å². The molecule has 12 aromatic rings. The average molecular weight is 931 g/mol. The highest BCUT2D eigenvalue weighted by Crippen LogP contribution is 2.52. The van der Waals surface area contributed by atoms with Crippen molar-refractivity contribution in [2.75, 3.05) is 9.80 Å². The number of fused-ring (bicyclic) bond motifs is 6. The Morgan fingerprint density at radius 2 is 1.15 bits per heavy atom. The maximum atomic E-state index is 18.1. The molecule has 2 aliphatic rings. The van der Waals surface area contributed by atoms with Crippen molar-refractivity contribution in [3.63, 3.8) is 0 Å². The highest BCUT2D eigenvalue weighted by Gasteiger charge is 2.38. The molecule has 14 rings (SSSR count). The molecular formula is C66H47FN2OSi. The molecule has 0 spiro atoms. The van der Waals surface area contributed by atoms with E-state index in [0.717, 1.165) is 94.8 Å². The zero-order chi connectivity index (χ0) is 47.4. The first-order chi connectivity index (χ1) is 34.9. The van der Waals surface area contributed by atoms with Gasteiger partial charge >= 0.3 is 0 Å². The van der Waals surface area contributed by atoms with E-state index in [4.69, 9.17) is 4.42 Å². The maximum absolute atomic E-state index is 18.1. The molecule has 0 fully saturated rings. The van der Waals surface area contributed by atoms with Gasteiger partial charge in [-0.25, -0.2) is 4.39 Å². The lowest BCUT2D eigenvalue weighted by Crippen LogP contribution is -2.49. The highest BCUT2D eigenvalue weighted by atomic mass is 28.3. The third-order valence-electron chi connectivity index (χ3n) is 15.4. The molecule has 1 aliphatic carbocycles. The molecule has 3 nitrogen and oxygen atoms in total. The normalized spacial score (nSPS) is 14.8. The molecule has 2 heterocycles. The van der Waals surface area contributed by atoms with Crippen LogP contribution in [0.25, 0.3) is 76.5 Å². The fraction of sp³-hybridized carbons (Fsp3) is 0.0606. The molecule has 0 radical (unpaired) electrons. The fourth-order valence-electron chi connectivity index (χ4n) is 12.0. The van der Waals surface area contributed by atoms with Crippen molar-refractivity contribution in [2.45, 2.75) is 25.4 Å². The number of benzene rings is 11. The molecule has 11 aromatic carbocycles. The molecule has 1 aromatic heterocycles. The van der Waals surface area contributed by atoms with Gasteiger partial charge in [0.25, 0.3) is 0 Å². The number of anilines is 6. The van der Waals surface area contributed by atoms with E-state index in [1.165, 1.54) is 26.9 Å². The Kier molecular flexibility index (Phi) is 9.36. The molecule has 0 amide bonds. The summed E-state index contributed by atoms with van der Waals surface area (Å²) in [7, 11) is -1.98. The lowest BCUT2D eigenvalue weighted by molar-refractivity contribution is 0.625. The second kappa shape index (κ2) is 16.0. The Labute approximate surface area is 413 Å². The van der Waals surface area contributed by atoms with Crippen LogP contribution >= 0.6 is 0 Å². The van der Waals surface area contributed by atoms with Crippen LogP contribution in [0.4, 0.5) is 38.5 Å². The van der Waals surface area contributed by atoms with Crippen molar-refractivity contribution in [3.8, 4) is 22.3 Å². The Bertz CT molecular complexity index is 4150. The number of rotatable bonds is 8. The van der Waals surface area contributed by atoms with E-state index in [1.54, 1.807) is 6.07 Å². The summed E-state index contributed by atoms with van der Waals surface area (Å²) in [5.74, 6) is -0.369. The number of halogens is 1. The minimum atomic E-state index is -1.98. The van der Waals surface area contributed by atoms with Gasteiger partial charge in [-0.2, -0.15) is 0 Å². The van der Waals surface area contributed by atoms with Crippen molar-refractivity contribution in [3.05, 3.63) is 242 Å². The van der Waals surface area contributed by atoms with Crippen LogP contribution in [0.3, 0.4) is 0 Å². The van der Waals surface area contributed by atoms with Gasteiger partial charge in [0, 0.05) is 38.8 Å². The van der Waals surface area contributed by atoms with Gasteiger partial charge in [0.1, 0.15) is 19.5 Å². The number of furan rings is 1. The van der Waals surface area contributed by atoms with Gasteiger partial charge in [0.15, 0.2) is 5.58 Å². The smallest absolute Gasteiger partial charge is 0.159 e. The van der Waals surface area contributed by atoms with Crippen LogP contribution in [0.2, 0.25) is 13.1 Å². The van der Waals surface area contributed by atoms with Gasteiger partial charge in [0.05, 0.1) is 22.7 Å². The van der Waals surface area contributed by atoms with Gasteiger partial charge in [-0.15, -0.1) is 0 Å². The molecule has 1 atom stereocenters. The fourth-order valence-corrected chi connectivity index (χ4v) is 15.1. The summed E-state index contributed by atoms with van der Waals surface area (Å²) in [6.45, 7) is 4.96. The third-order valence-corrected chi connectivity index (χ3v) is 18.9. The predicted molar refractivity (Wildman–Crippen MR) is 300 cm³/mol. The van der Waals surface area contributed by atoms with Crippen LogP contribution < -0.4 is 20.2 Å². The van der Waals surface area contributed by atoms with Crippen molar-refractivity contribution < 1.29 is 8.81 Å². The number of hydrogen-bond acceptors (Lipinski definition) is 3. The van der Waals surface area contributed by atoms with Gasteiger partial charge in [-0.3, -0.25) is 0 Å².